The summed E-state index contributed by atoms with van der Waals surface area (Å²) < 4.78 is 4.64. The molecule has 0 amide bonds. The maximum Gasteiger partial charge on any atom is 0.311 e. The molecule has 1 aromatic carbocycles. The van der Waals surface area contributed by atoms with Gasteiger partial charge in [0.15, 0.2) is 0 Å². The molecule has 0 heterocycles. The third kappa shape index (κ3) is 4.41. The van der Waals surface area contributed by atoms with Crippen molar-refractivity contribution >= 4 is 12.0 Å². The topological polar surface area (TPSA) is 46.5 Å². The summed E-state index contributed by atoms with van der Waals surface area (Å²) in [6.45, 7) is 1.60. The molecule has 0 aliphatic carbocycles. The van der Waals surface area contributed by atoms with Crippen molar-refractivity contribution in [2.24, 2.45) is 5.92 Å². The van der Waals surface area contributed by atoms with Crippen molar-refractivity contribution in [3.05, 3.63) is 42.0 Å². The number of rotatable bonds is 5. The van der Waals surface area contributed by atoms with Crippen molar-refractivity contribution in [1.82, 2.24) is 0 Å². The summed E-state index contributed by atoms with van der Waals surface area (Å²) in [5, 5.41) is 9.48. The fourth-order valence-corrected chi connectivity index (χ4v) is 1.56. The zero-order valence-corrected chi connectivity index (χ0v) is 10.2. The molecular weight excluding hydrogens is 216 g/mol. The molecule has 0 aliphatic heterocycles. The molecule has 0 fully saturated rings. The van der Waals surface area contributed by atoms with Gasteiger partial charge >= 0.3 is 5.97 Å². The molecule has 1 rings (SSSR count). The first-order valence-electron chi connectivity index (χ1n) is 5.62. The zero-order chi connectivity index (χ0) is 12.7. The molecule has 92 valence electrons. The molecule has 0 spiro atoms. The normalized spacial score (nSPS) is 14.5. The Morgan fingerprint density at radius 1 is 1.41 bits per heavy atom. The van der Waals surface area contributed by atoms with Crippen LogP contribution in [0, 0.1) is 5.92 Å². The third-order valence-corrected chi connectivity index (χ3v) is 2.59. The summed E-state index contributed by atoms with van der Waals surface area (Å²) in [5.74, 6) is -0.877. The molecule has 1 N–H and O–H groups in total. The molecule has 2 atom stereocenters. The second-order valence-corrected chi connectivity index (χ2v) is 3.92. The average molecular weight is 234 g/mol. The molecule has 1 aromatic rings. The number of benzene rings is 1. The van der Waals surface area contributed by atoms with Gasteiger partial charge in [0.25, 0.3) is 0 Å². The van der Waals surface area contributed by atoms with Crippen LogP contribution in [-0.4, -0.2) is 24.3 Å². The third-order valence-electron chi connectivity index (χ3n) is 2.59. The standard InChI is InChI=1S/C14H18O3/c1-11(15)13(14(16)17-2)10-6-9-12-7-4-3-5-8-12/h3-9,11,13,15H,10H2,1-2H3. The van der Waals surface area contributed by atoms with Gasteiger partial charge in [-0.2, -0.15) is 0 Å². The second kappa shape index (κ2) is 6.86. The monoisotopic (exact) mass is 234 g/mol. The Balaban J connectivity index is 2.58. The van der Waals surface area contributed by atoms with Crippen LogP contribution < -0.4 is 0 Å². The number of hydrogen-bond acceptors (Lipinski definition) is 3. The van der Waals surface area contributed by atoms with E-state index in [1.54, 1.807) is 6.92 Å². The summed E-state index contributed by atoms with van der Waals surface area (Å²) in [5.41, 5.74) is 1.07. The van der Waals surface area contributed by atoms with E-state index in [2.05, 4.69) is 4.74 Å². The van der Waals surface area contributed by atoms with Crippen LogP contribution in [0.4, 0.5) is 0 Å². The number of methoxy groups -OCH3 is 1. The van der Waals surface area contributed by atoms with E-state index in [9.17, 15) is 9.90 Å². The van der Waals surface area contributed by atoms with Crippen molar-refractivity contribution in [2.45, 2.75) is 19.4 Å². The number of carbonyl (C=O) groups is 1. The predicted molar refractivity (Wildman–Crippen MR) is 67.3 cm³/mol. The highest BCUT2D eigenvalue weighted by Gasteiger charge is 2.22. The first-order valence-corrected chi connectivity index (χ1v) is 5.62. The number of allylic oxidation sites excluding steroid dienone is 1. The lowest BCUT2D eigenvalue weighted by Gasteiger charge is -2.15. The van der Waals surface area contributed by atoms with Gasteiger partial charge in [0.2, 0.25) is 0 Å². The molecule has 0 radical (unpaired) electrons. The number of hydrogen-bond donors (Lipinski definition) is 1. The Kier molecular flexibility index (Phi) is 5.43. The maximum atomic E-state index is 11.4. The van der Waals surface area contributed by atoms with E-state index in [4.69, 9.17) is 0 Å². The summed E-state index contributed by atoms with van der Waals surface area (Å²) in [6.07, 6.45) is 3.57. The molecule has 17 heavy (non-hydrogen) atoms. The summed E-state index contributed by atoms with van der Waals surface area (Å²) >= 11 is 0. The Morgan fingerprint density at radius 2 is 2.06 bits per heavy atom. The molecule has 0 aliphatic rings. The number of ether oxygens (including phenoxy) is 1. The Labute approximate surface area is 102 Å². The highest BCUT2D eigenvalue weighted by Crippen LogP contribution is 2.13. The van der Waals surface area contributed by atoms with Gasteiger partial charge in [0.1, 0.15) is 0 Å². The number of aliphatic hydroxyl groups excluding tert-OH is 1. The molecular formula is C14H18O3. The molecule has 0 saturated heterocycles. The SMILES string of the molecule is COC(=O)C(CC=Cc1ccccc1)C(C)O. The molecule has 0 bridgehead atoms. The van der Waals surface area contributed by atoms with Gasteiger partial charge in [-0.25, -0.2) is 0 Å². The lowest BCUT2D eigenvalue weighted by atomic mass is 9.99. The molecule has 2 unspecified atom stereocenters. The van der Waals surface area contributed by atoms with Crippen molar-refractivity contribution in [3.63, 3.8) is 0 Å². The summed E-state index contributed by atoms with van der Waals surface area (Å²) in [7, 11) is 1.33. The Morgan fingerprint density at radius 3 is 2.59 bits per heavy atom. The van der Waals surface area contributed by atoms with Crippen molar-refractivity contribution in [3.8, 4) is 0 Å². The van der Waals surface area contributed by atoms with Crippen LogP contribution in [0.2, 0.25) is 0 Å². The van der Waals surface area contributed by atoms with Gasteiger partial charge in [0, 0.05) is 0 Å². The van der Waals surface area contributed by atoms with Gasteiger partial charge in [-0.1, -0.05) is 42.5 Å². The predicted octanol–water partition coefficient (Wildman–Crippen LogP) is 2.26. The maximum absolute atomic E-state index is 11.4. The molecule has 0 saturated carbocycles. The van der Waals surface area contributed by atoms with Gasteiger partial charge in [0.05, 0.1) is 19.1 Å². The van der Waals surface area contributed by atoms with Gasteiger partial charge < -0.3 is 9.84 Å². The Hall–Kier alpha value is -1.61. The lowest BCUT2D eigenvalue weighted by molar-refractivity contribution is -0.148. The highest BCUT2D eigenvalue weighted by atomic mass is 16.5. The van der Waals surface area contributed by atoms with E-state index < -0.39 is 12.0 Å². The zero-order valence-electron chi connectivity index (χ0n) is 10.2. The number of aliphatic hydroxyl groups is 1. The lowest BCUT2D eigenvalue weighted by Crippen LogP contribution is -2.26. The molecule has 0 aromatic heterocycles. The van der Waals surface area contributed by atoms with Crippen LogP contribution in [0.1, 0.15) is 18.9 Å². The minimum atomic E-state index is -0.706. The fourth-order valence-electron chi connectivity index (χ4n) is 1.56. The molecule has 3 nitrogen and oxygen atoms in total. The minimum Gasteiger partial charge on any atom is -0.469 e. The Bertz CT molecular complexity index is 368. The van der Waals surface area contributed by atoms with Crippen LogP contribution in [0.5, 0.6) is 0 Å². The van der Waals surface area contributed by atoms with E-state index in [1.165, 1.54) is 7.11 Å². The quantitative estimate of drug-likeness (QED) is 0.795. The van der Waals surface area contributed by atoms with Gasteiger partial charge in [-0.3, -0.25) is 4.79 Å². The number of carbonyl (C=O) groups excluding carboxylic acids is 1. The van der Waals surface area contributed by atoms with Crippen LogP contribution >= 0.6 is 0 Å². The average Bonchev–Trinajstić information content (AvgIpc) is 2.34. The summed E-state index contributed by atoms with van der Waals surface area (Å²) in [4.78, 5) is 11.4. The van der Waals surface area contributed by atoms with E-state index in [0.29, 0.717) is 6.42 Å². The van der Waals surface area contributed by atoms with Gasteiger partial charge in [-0.15, -0.1) is 0 Å². The van der Waals surface area contributed by atoms with Crippen molar-refractivity contribution in [1.29, 1.82) is 0 Å². The van der Waals surface area contributed by atoms with Crippen LogP contribution in [-0.2, 0) is 9.53 Å². The summed E-state index contributed by atoms with van der Waals surface area (Å²) in [6, 6.07) is 9.81. The van der Waals surface area contributed by atoms with Crippen LogP contribution in [0.25, 0.3) is 6.08 Å². The van der Waals surface area contributed by atoms with Crippen LogP contribution in [0.3, 0.4) is 0 Å². The van der Waals surface area contributed by atoms with E-state index in [-0.39, 0.29) is 5.97 Å². The second-order valence-electron chi connectivity index (χ2n) is 3.92. The first-order chi connectivity index (χ1) is 8.15. The van der Waals surface area contributed by atoms with E-state index in [1.807, 2.05) is 42.5 Å². The van der Waals surface area contributed by atoms with Crippen molar-refractivity contribution < 1.29 is 14.6 Å². The van der Waals surface area contributed by atoms with Gasteiger partial charge in [-0.05, 0) is 18.9 Å². The first kappa shape index (κ1) is 13.5. The van der Waals surface area contributed by atoms with Crippen molar-refractivity contribution in [2.75, 3.05) is 7.11 Å². The van der Waals surface area contributed by atoms with E-state index in [0.717, 1.165) is 5.56 Å². The van der Waals surface area contributed by atoms with Crippen LogP contribution in [0.15, 0.2) is 36.4 Å². The molecule has 3 heteroatoms. The smallest absolute Gasteiger partial charge is 0.311 e. The minimum absolute atomic E-state index is 0.377. The number of esters is 1. The highest BCUT2D eigenvalue weighted by molar-refractivity contribution is 5.73. The largest absolute Gasteiger partial charge is 0.469 e. The fraction of sp³-hybridized carbons (Fsp3) is 0.357. The van der Waals surface area contributed by atoms with E-state index >= 15 is 0 Å².